The summed E-state index contributed by atoms with van der Waals surface area (Å²) in [6.07, 6.45) is 3.26. The number of rotatable bonds is 3. The van der Waals surface area contributed by atoms with Gasteiger partial charge in [0.05, 0.1) is 10.7 Å². The Morgan fingerprint density at radius 2 is 1.94 bits per heavy atom. The molecule has 0 saturated heterocycles. The third-order valence-corrected chi connectivity index (χ3v) is 2.82. The zero-order chi connectivity index (χ0) is 12.3. The molecule has 0 radical (unpaired) electrons. The first-order valence-electron chi connectivity index (χ1n) is 5.28. The third-order valence-electron chi connectivity index (χ3n) is 2.51. The SMILES string of the molecule is CC(Nc1ccncc1Cl)c1ccc(F)cc1. The van der Waals surface area contributed by atoms with Crippen LogP contribution in [-0.4, -0.2) is 4.98 Å². The Labute approximate surface area is 104 Å². The summed E-state index contributed by atoms with van der Waals surface area (Å²) in [6.45, 7) is 1.99. The lowest BCUT2D eigenvalue weighted by atomic mass is 10.1. The van der Waals surface area contributed by atoms with Crippen molar-refractivity contribution in [1.82, 2.24) is 4.98 Å². The first-order valence-corrected chi connectivity index (χ1v) is 5.66. The molecule has 0 bridgehead atoms. The zero-order valence-corrected chi connectivity index (χ0v) is 10.1. The van der Waals surface area contributed by atoms with Gasteiger partial charge < -0.3 is 5.32 Å². The van der Waals surface area contributed by atoms with E-state index in [-0.39, 0.29) is 11.9 Å². The van der Waals surface area contributed by atoms with Gasteiger partial charge in [-0.3, -0.25) is 4.98 Å². The van der Waals surface area contributed by atoms with Crippen LogP contribution < -0.4 is 5.32 Å². The molecule has 1 atom stereocenters. The summed E-state index contributed by atoms with van der Waals surface area (Å²) < 4.78 is 12.8. The molecule has 17 heavy (non-hydrogen) atoms. The van der Waals surface area contributed by atoms with Crippen molar-refractivity contribution in [2.75, 3.05) is 5.32 Å². The summed E-state index contributed by atoms with van der Waals surface area (Å²) in [4.78, 5) is 3.92. The van der Waals surface area contributed by atoms with Crippen LogP contribution in [0, 0.1) is 5.82 Å². The summed E-state index contributed by atoms with van der Waals surface area (Å²) in [5.74, 6) is -0.233. The Hall–Kier alpha value is -1.61. The van der Waals surface area contributed by atoms with Crippen molar-refractivity contribution in [2.45, 2.75) is 13.0 Å². The van der Waals surface area contributed by atoms with Gasteiger partial charge in [0.1, 0.15) is 5.82 Å². The summed E-state index contributed by atoms with van der Waals surface area (Å²) >= 11 is 6.00. The van der Waals surface area contributed by atoms with E-state index in [9.17, 15) is 4.39 Å². The molecule has 2 rings (SSSR count). The molecule has 0 amide bonds. The van der Waals surface area contributed by atoms with Crippen LogP contribution in [0.15, 0.2) is 42.7 Å². The van der Waals surface area contributed by atoms with Gasteiger partial charge in [0, 0.05) is 18.4 Å². The van der Waals surface area contributed by atoms with Crippen LogP contribution in [0.25, 0.3) is 0 Å². The van der Waals surface area contributed by atoms with Crippen molar-refractivity contribution in [3.63, 3.8) is 0 Å². The Balaban J connectivity index is 2.14. The lowest BCUT2D eigenvalue weighted by Gasteiger charge is -2.16. The fourth-order valence-corrected chi connectivity index (χ4v) is 1.73. The lowest BCUT2D eigenvalue weighted by Crippen LogP contribution is -2.07. The van der Waals surface area contributed by atoms with E-state index >= 15 is 0 Å². The van der Waals surface area contributed by atoms with Crippen molar-refractivity contribution in [3.05, 3.63) is 59.1 Å². The van der Waals surface area contributed by atoms with Crippen LogP contribution >= 0.6 is 11.6 Å². The average Bonchev–Trinajstić information content (AvgIpc) is 2.33. The number of hydrogen-bond acceptors (Lipinski definition) is 2. The highest BCUT2D eigenvalue weighted by molar-refractivity contribution is 6.33. The number of nitrogens with one attached hydrogen (secondary N) is 1. The Kier molecular flexibility index (Phi) is 3.59. The molecular weight excluding hydrogens is 239 g/mol. The van der Waals surface area contributed by atoms with Gasteiger partial charge in [0.15, 0.2) is 0 Å². The average molecular weight is 251 g/mol. The van der Waals surface area contributed by atoms with Gasteiger partial charge in [-0.15, -0.1) is 0 Å². The van der Waals surface area contributed by atoms with E-state index in [1.165, 1.54) is 12.1 Å². The molecule has 2 nitrogen and oxygen atoms in total. The van der Waals surface area contributed by atoms with E-state index in [1.807, 2.05) is 13.0 Å². The summed E-state index contributed by atoms with van der Waals surface area (Å²) in [7, 11) is 0. The molecule has 0 spiro atoms. The second kappa shape index (κ2) is 5.15. The molecule has 1 N–H and O–H groups in total. The quantitative estimate of drug-likeness (QED) is 0.889. The fourth-order valence-electron chi connectivity index (χ4n) is 1.56. The van der Waals surface area contributed by atoms with E-state index < -0.39 is 0 Å². The van der Waals surface area contributed by atoms with Crippen LogP contribution in [0.2, 0.25) is 5.02 Å². The van der Waals surface area contributed by atoms with Crippen LogP contribution in [0.5, 0.6) is 0 Å². The minimum atomic E-state index is -0.233. The van der Waals surface area contributed by atoms with Crippen LogP contribution in [0.3, 0.4) is 0 Å². The molecule has 0 aliphatic carbocycles. The van der Waals surface area contributed by atoms with Crippen molar-refractivity contribution in [3.8, 4) is 0 Å². The highest BCUT2D eigenvalue weighted by atomic mass is 35.5. The first kappa shape index (κ1) is 11.9. The Morgan fingerprint density at radius 1 is 1.24 bits per heavy atom. The van der Waals surface area contributed by atoms with E-state index in [4.69, 9.17) is 11.6 Å². The molecule has 1 heterocycles. The largest absolute Gasteiger partial charge is 0.377 e. The van der Waals surface area contributed by atoms with Gasteiger partial charge in [-0.25, -0.2) is 4.39 Å². The normalized spacial score (nSPS) is 12.2. The maximum Gasteiger partial charge on any atom is 0.123 e. The molecule has 0 fully saturated rings. The number of pyridine rings is 1. The highest BCUT2D eigenvalue weighted by Crippen LogP contribution is 2.24. The van der Waals surface area contributed by atoms with Crippen LogP contribution in [-0.2, 0) is 0 Å². The van der Waals surface area contributed by atoms with E-state index in [0.29, 0.717) is 5.02 Å². The third kappa shape index (κ3) is 2.94. The van der Waals surface area contributed by atoms with Gasteiger partial charge >= 0.3 is 0 Å². The standard InChI is InChI=1S/C13H12ClFN2/c1-9(10-2-4-11(15)5-3-10)17-13-6-7-16-8-12(13)14/h2-9H,1H3,(H,16,17). The van der Waals surface area contributed by atoms with Gasteiger partial charge in [-0.2, -0.15) is 0 Å². The predicted octanol–water partition coefficient (Wildman–Crippen LogP) is 4.05. The number of aromatic nitrogens is 1. The molecule has 2 aromatic rings. The molecule has 4 heteroatoms. The number of benzene rings is 1. The van der Waals surface area contributed by atoms with Crippen LogP contribution in [0.4, 0.5) is 10.1 Å². The highest BCUT2D eigenvalue weighted by Gasteiger charge is 2.07. The second-order valence-electron chi connectivity index (χ2n) is 3.77. The van der Waals surface area contributed by atoms with E-state index in [0.717, 1.165) is 11.3 Å². The summed E-state index contributed by atoms with van der Waals surface area (Å²) in [5, 5.41) is 3.82. The van der Waals surface area contributed by atoms with Gasteiger partial charge in [0.25, 0.3) is 0 Å². The molecule has 1 unspecified atom stereocenters. The van der Waals surface area contributed by atoms with Gasteiger partial charge in [-0.05, 0) is 30.7 Å². The zero-order valence-electron chi connectivity index (χ0n) is 9.32. The number of halogens is 2. The summed E-state index contributed by atoms with van der Waals surface area (Å²) in [5.41, 5.74) is 1.82. The summed E-state index contributed by atoms with van der Waals surface area (Å²) in [6, 6.07) is 8.26. The van der Waals surface area contributed by atoms with Crippen molar-refractivity contribution >= 4 is 17.3 Å². The predicted molar refractivity (Wildman–Crippen MR) is 67.7 cm³/mol. The van der Waals surface area contributed by atoms with E-state index in [1.54, 1.807) is 24.5 Å². The smallest absolute Gasteiger partial charge is 0.123 e. The maximum atomic E-state index is 12.8. The lowest BCUT2D eigenvalue weighted by molar-refractivity contribution is 0.626. The minimum absolute atomic E-state index is 0.0514. The van der Waals surface area contributed by atoms with Crippen LogP contribution in [0.1, 0.15) is 18.5 Å². The van der Waals surface area contributed by atoms with Gasteiger partial charge in [0.2, 0.25) is 0 Å². The van der Waals surface area contributed by atoms with Gasteiger partial charge in [-0.1, -0.05) is 23.7 Å². The molecule has 0 aliphatic rings. The second-order valence-corrected chi connectivity index (χ2v) is 4.18. The topological polar surface area (TPSA) is 24.9 Å². The number of nitrogens with zero attached hydrogens (tertiary/aromatic N) is 1. The molecule has 1 aromatic heterocycles. The molecular formula is C13H12ClFN2. The minimum Gasteiger partial charge on any atom is -0.377 e. The van der Waals surface area contributed by atoms with Crippen molar-refractivity contribution in [2.24, 2.45) is 0 Å². The molecule has 1 aromatic carbocycles. The number of anilines is 1. The number of hydrogen-bond donors (Lipinski definition) is 1. The molecule has 88 valence electrons. The maximum absolute atomic E-state index is 12.8. The molecule has 0 saturated carbocycles. The molecule has 0 aliphatic heterocycles. The Morgan fingerprint density at radius 3 is 2.59 bits per heavy atom. The van der Waals surface area contributed by atoms with Crippen molar-refractivity contribution < 1.29 is 4.39 Å². The Bertz CT molecular complexity index is 499. The first-order chi connectivity index (χ1) is 8.16. The fraction of sp³-hybridized carbons (Fsp3) is 0.154. The van der Waals surface area contributed by atoms with E-state index in [2.05, 4.69) is 10.3 Å². The monoisotopic (exact) mass is 250 g/mol. The van der Waals surface area contributed by atoms with Crippen molar-refractivity contribution in [1.29, 1.82) is 0 Å².